The van der Waals surface area contributed by atoms with Crippen LogP contribution in [0.2, 0.25) is 0 Å². The fourth-order valence-corrected chi connectivity index (χ4v) is 3.05. The van der Waals surface area contributed by atoms with Gasteiger partial charge in [0.25, 0.3) is 5.69 Å². The molecule has 110 valence electrons. The molecule has 3 N–H and O–H groups in total. The van der Waals surface area contributed by atoms with E-state index in [0.29, 0.717) is 17.6 Å². The highest BCUT2D eigenvalue weighted by Crippen LogP contribution is 2.33. The maximum absolute atomic E-state index is 11.0. The summed E-state index contributed by atoms with van der Waals surface area (Å²) in [4.78, 5) is 12.8. The van der Waals surface area contributed by atoms with Crippen molar-refractivity contribution in [3.8, 4) is 0 Å². The number of nitro groups is 1. The quantitative estimate of drug-likeness (QED) is 0.502. The molecule has 2 rings (SSSR count). The number of nitro benzene ring substituents is 1. The Labute approximate surface area is 119 Å². The average Bonchev–Trinajstić information content (AvgIpc) is 2.46. The molecular formula is C14H22N4O2. The van der Waals surface area contributed by atoms with Crippen molar-refractivity contribution < 1.29 is 4.92 Å². The molecule has 20 heavy (non-hydrogen) atoms. The van der Waals surface area contributed by atoms with Crippen LogP contribution in [0.25, 0.3) is 0 Å². The summed E-state index contributed by atoms with van der Waals surface area (Å²) in [6.45, 7) is 2.25. The Morgan fingerprint density at radius 3 is 2.65 bits per heavy atom. The lowest BCUT2D eigenvalue weighted by Gasteiger charge is -2.37. The van der Waals surface area contributed by atoms with Gasteiger partial charge in [0.1, 0.15) is 0 Å². The van der Waals surface area contributed by atoms with Crippen LogP contribution >= 0.6 is 0 Å². The minimum Gasteiger partial charge on any atom is -0.371 e. The Balaban J connectivity index is 2.30. The third kappa shape index (κ3) is 3.01. The SMILES string of the molecule is CC1CCCCC1N(C)c1cc(NN)cc([N+](=O)[O-])c1. The van der Waals surface area contributed by atoms with E-state index >= 15 is 0 Å². The third-order valence-corrected chi connectivity index (χ3v) is 4.25. The van der Waals surface area contributed by atoms with E-state index in [2.05, 4.69) is 17.2 Å². The molecule has 1 aliphatic carbocycles. The molecule has 0 aliphatic heterocycles. The van der Waals surface area contributed by atoms with Crippen LogP contribution in [-0.4, -0.2) is 18.0 Å². The zero-order valence-corrected chi connectivity index (χ0v) is 12.0. The molecule has 1 aliphatic rings. The van der Waals surface area contributed by atoms with Gasteiger partial charge in [0, 0.05) is 30.9 Å². The highest BCUT2D eigenvalue weighted by atomic mass is 16.6. The standard InChI is InChI=1S/C14H22N4O2/c1-10-5-3-4-6-14(10)17(2)12-7-11(16-15)8-13(9-12)18(19)20/h7-10,14,16H,3-6,15H2,1-2H3. The van der Waals surface area contributed by atoms with Crippen LogP contribution in [0.5, 0.6) is 0 Å². The van der Waals surface area contributed by atoms with Gasteiger partial charge in [0.05, 0.1) is 10.6 Å². The molecule has 1 fully saturated rings. The molecule has 6 nitrogen and oxygen atoms in total. The van der Waals surface area contributed by atoms with Gasteiger partial charge in [-0.1, -0.05) is 19.8 Å². The van der Waals surface area contributed by atoms with Crippen molar-refractivity contribution in [2.45, 2.75) is 38.6 Å². The molecule has 0 amide bonds. The minimum absolute atomic E-state index is 0.0609. The number of benzene rings is 1. The Hall–Kier alpha value is -1.82. The molecule has 0 heterocycles. The third-order valence-electron chi connectivity index (χ3n) is 4.25. The van der Waals surface area contributed by atoms with Crippen LogP contribution in [0.4, 0.5) is 17.1 Å². The molecule has 1 aromatic rings. The first-order valence-corrected chi connectivity index (χ1v) is 7.02. The molecule has 2 unspecified atom stereocenters. The summed E-state index contributed by atoms with van der Waals surface area (Å²) in [7, 11) is 2.01. The second kappa shape index (κ2) is 6.09. The summed E-state index contributed by atoms with van der Waals surface area (Å²) >= 11 is 0. The van der Waals surface area contributed by atoms with Gasteiger partial charge >= 0.3 is 0 Å². The number of nitrogens with one attached hydrogen (secondary N) is 1. The van der Waals surface area contributed by atoms with Crippen molar-refractivity contribution in [3.63, 3.8) is 0 Å². The van der Waals surface area contributed by atoms with Crippen LogP contribution < -0.4 is 16.2 Å². The van der Waals surface area contributed by atoms with Gasteiger partial charge in [-0.2, -0.15) is 0 Å². The molecule has 2 atom stereocenters. The van der Waals surface area contributed by atoms with E-state index < -0.39 is 0 Å². The van der Waals surface area contributed by atoms with Gasteiger partial charge in [-0.3, -0.25) is 16.0 Å². The fourth-order valence-electron chi connectivity index (χ4n) is 3.05. The van der Waals surface area contributed by atoms with Crippen molar-refractivity contribution in [1.29, 1.82) is 0 Å². The average molecular weight is 278 g/mol. The number of nitrogens with zero attached hydrogens (tertiary/aromatic N) is 2. The Morgan fingerprint density at radius 2 is 2.05 bits per heavy atom. The molecule has 6 heteroatoms. The normalized spacial score (nSPS) is 22.4. The Morgan fingerprint density at radius 1 is 1.35 bits per heavy atom. The fraction of sp³-hybridized carbons (Fsp3) is 0.571. The first-order valence-electron chi connectivity index (χ1n) is 7.02. The van der Waals surface area contributed by atoms with E-state index in [9.17, 15) is 10.1 Å². The monoisotopic (exact) mass is 278 g/mol. The van der Waals surface area contributed by atoms with Gasteiger partial charge in [0.15, 0.2) is 0 Å². The van der Waals surface area contributed by atoms with Crippen LogP contribution in [-0.2, 0) is 0 Å². The number of hydrogen-bond acceptors (Lipinski definition) is 5. The van der Waals surface area contributed by atoms with E-state index in [-0.39, 0.29) is 10.6 Å². The second-order valence-electron chi connectivity index (χ2n) is 5.58. The van der Waals surface area contributed by atoms with E-state index in [1.54, 1.807) is 6.07 Å². The highest BCUT2D eigenvalue weighted by Gasteiger charge is 2.26. The molecule has 0 spiro atoms. The maximum Gasteiger partial charge on any atom is 0.273 e. The molecular weight excluding hydrogens is 256 g/mol. The Bertz CT molecular complexity index is 492. The number of hydrogen-bond donors (Lipinski definition) is 2. The smallest absolute Gasteiger partial charge is 0.273 e. The van der Waals surface area contributed by atoms with Gasteiger partial charge in [-0.25, -0.2) is 0 Å². The topological polar surface area (TPSA) is 84.4 Å². The first kappa shape index (κ1) is 14.6. The second-order valence-corrected chi connectivity index (χ2v) is 5.58. The van der Waals surface area contributed by atoms with Crippen LogP contribution in [0.3, 0.4) is 0 Å². The molecule has 0 aromatic heterocycles. The predicted octanol–water partition coefficient (Wildman–Crippen LogP) is 2.90. The number of anilines is 2. The lowest BCUT2D eigenvalue weighted by atomic mass is 9.85. The van der Waals surface area contributed by atoms with Gasteiger partial charge in [-0.15, -0.1) is 0 Å². The minimum atomic E-state index is -0.386. The van der Waals surface area contributed by atoms with Crippen molar-refractivity contribution in [2.75, 3.05) is 17.4 Å². The van der Waals surface area contributed by atoms with Crippen molar-refractivity contribution in [1.82, 2.24) is 0 Å². The van der Waals surface area contributed by atoms with Gasteiger partial charge in [-0.05, 0) is 24.8 Å². The zero-order valence-electron chi connectivity index (χ0n) is 12.0. The van der Waals surface area contributed by atoms with Crippen molar-refractivity contribution >= 4 is 17.1 Å². The summed E-state index contributed by atoms with van der Waals surface area (Å²) in [5.41, 5.74) is 3.96. The molecule has 0 saturated heterocycles. The van der Waals surface area contributed by atoms with Crippen molar-refractivity contribution in [3.05, 3.63) is 28.3 Å². The molecule has 1 saturated carbocycles. The number of hydrazine groups is 1. The van der Waals surface area contributed by atoms with E-state index in [0.717, 1.165) is 12.1 Å². The number of nitrogen functional groups attached to an aromatic ring is 1. The Kier molecular flexibility index (Phi) is 4.44. The highest BCUT2D eigenvalue weighted by molar-refractivity contribution is 5.64. The first-order chi connectivity index (χ1) is 9.52. The lowest BCUT2D eigenvalue weighted by molar-refractivity contribution is -0.384. The van der Waals surface area contributed by atoms with E-state index in [1.807, 2.05) is 13.1 Å². The number of non-ortho nitro benzene ring substituents is 1. The zero-order chi connectivity index (χ0) is 14.7. The summed E-state index contributed by atoms with van der Waals surface area (Å²) in [6, 6.07) is 5.34. The largest absolute Gasteiger partial charge is 0.371 e. The van der Waals surface area contributed by atoms with E-state index in [1.165, 1.54) is 25.3 Å². The summed E-state index contributed by atoms with van der Waals surface area (Å²) in [5, 5.41) is 11.0. The predicted molar refractivity (Wildman–Crippen MR) is 80.7 cm³/mol. The lowest BCUT2D eigenvalue weighted by Crippen LogP contribution is -2.39. The summed E-state index contributed by atoms with van der Waals surface area (Å²) in [5.74, 6) is 6.00. The molecule has 0 bridgehead atoms. The molecule has 1 aromatic carbocycles. The van der Waals surface area contributed by atoms with Crippen molar-refractivity contribution in [2.24, 2.45) is 11.8 Å². The van der Waals surface area contributed by atoms with E-state index in [4.69, 9.17) is 5.84 Å². The molecule has 0 radical (unpaired) electrons. The van der Waals surface area contributed by atoms with Gasteiger partial charge in [0.2, 0.25) is 0 Å². The number of nitrogens with two attached hydrogens (primary N) is 1. The van der Waals surface area contributed by atoms with Gasteiger partial charge < -0.3 is 10.3 Å². The van der Waals surface area contributed by atoms with Crippen LogP contribution in [0.15, 0.2) is 18.2 Å². The van der Waals surface area contributed by atoms with Crippen LogP contribution in [0, 0.1) is 16.0 Å². The summed E-state index contributed by atoms with van der Waals surface area (Å²) in [6.07, 6.45) is 4.84. The summed E-state index contributed by atoms with van der Waals surface area (Å²) < 4.78 is 0. The number of rotatable bonds is 4. The van der Waals surface area contributed by atoms with Crippen LogP contribution in [0.1, 0.15) is 32.6 Å². The maximum atomic E-state index is 11.0.